The number of nitrogens with one attached hydrogen (secondary N) is 2. The lowest BCUT2D eigenvalue weighted by Gasteiger charge is -2.26. The van der Waals surface area contributed by atoms with E-state index in [0.717, 1.165) is 54.0 Å². The molecule has 1 fully saturated rings. The fourth-order valence-corrected chi connectivity index (χ4v) is 4.13. The number of pyridine rings is 1. The van der Waals surface area contributed by atoms with Crippen molar-refractivity contribution in [3.05, 3.63) is 54.4 Å². The second-order valence-corrected chi connectivity index (χ2v) is 7.97. The number of anilines is 1. The molecule has 1 aliphatic carbocycles. The molecule has 1 saturated carbocycles. The Balaban J connectivity index is 1.48. The third-order valence-electron chi connectivity index (χ3n) is 6.09. The van der Waals surface area contributed by atoms with Gasteiger partial charge in [0.1, 0.15) is 5.82 Å². The first-order valence-corrected chi connectivity index (χ1v) is 10.5. The smallest absolute Gasteiger partial charge is 0.228 e. The number of methoxy groups -OCH3 is 1. The van der Waals surface area contributed by atoms with Gasteiger partial charge in [-0.15, -0.1) is 0 Å². The van der Waals surface area contributed by atoms with Crippen molar-refractivity contribution >= 4 is 28.1 Å². The van der Waals surface area contributed by atoms with Crippen molar-refractivity contribution in [2.45, 2.75) is 51.2 Å². The summed E-state index contributed by atoms with van der Waals surface area (Å²) in [6.45, 7) is 2.17. The standard InChI is InChI=1S/C24H29N3O2/c1-3-21-9-6-18(14-25-21)17-4-5-19-15-26-23(13-20(19)12-17)27-24(28)16-7-10-22(29-2)11-8-16/h4-6,9,12-16,21-22,25H,3,7-8,10-11H2,1-2H3,(H,26,27,28). The molecule has 0 spiro atoms. The molecule has 0 radical (unpaired) electrons. The van der Waals surface area contributed by atoms with E-state index in [1.165, 1.54) is 0 Å². The molecule has 5 heteroatoms. The van der Waals surface area contributed by atoms with E-state index in [1.807, 2.05) is 12.3 Å². The van der Waals surface area contributed by atoms with Crippen molar-refractivity contribution in [3.8, 4) is 0 Å². The fraction of sp³-hybridized carbons (Fsp3) is 0.417. The number of nitrogens with zero attached hydrogens (tertiary/aromatic N) is 1. The average Bonchev–Trinajstić information content (AvgIpc) is 2.78. The number of amides is 1. The minimum atomic E-state index is 0.0420. The SMILES string of the molecule is CCC1C=CC(c2ccc3cnc(NC(=O)C4CCC(OC)CC4)cc3c2)=CN1. The Morgan fingerprint density at radius 1 is 1.21 bits per heavy atom. The van der Waals surface area contributed by atoms with Gasteiger partial charge in [0.2, 0.25) is 5.91 Å². The minimum absolute atomic E-state index is 0.0420. The van der Waals surface area contributed by atoms with Crippen LogP contribution in [0.4, 0.5) is 5.82 Å². The Morgan fingerprint density at radius 3 is 2.72 bits per heavy atom. The van der Waals surface area contributed by atoms with E-state index < -0.39 is 0 Å². The number of ether oxygens (including phenoxy) is 1. The monoisotopic (exact) mass is 391 g/mol. The molecule has 1 aliphatic heterocycles. The average molecular weight is 392 g/mol. The topological polar surface area (TPSA) is 63.2 Å². The van der Waals surface area contributed by atoms with Crippen LogP contribution >= 0.6 is 0 Å². The zero-order valence-corrected chi connectivity index (χ0v) is 17.2. The molecule has 5 nitrogen and oxygen atoms in total. The normalized spacial score (nSPS) is 24.1. The first-order chi connectivity index (χ1) is 14.2. The van der Waals surface area contributed by atoms with Crippen molar-refractivity contribution in [2.75, 3.05) is 12.4 Å². The van der Waals surface area contributed by atoms with Crippen LogP contribution < -0.4 is 10.6 Å². The zero-order chi connectivity index (χ0) is 20.2. The highest BCUT2D eigenvalue weighted by Crippen LogP contribution is 2.28. The number of carbonyl (C=O) groups excluding carboxylic acids is 1. The molecule has 0 bridgehead atoms. The van der Waals surface area contributed by atoms with Crippen LogP contribution in [0.2, 0.25) is 0 Å². The summed E-state index contributed by atoms with van der Waals surface area (Å²) in [7, 11) is 1.75. The highest BCUT2D eigenvalue weighted by molar-refractivity contribution is 5.95. The number of fused-ring (bicyclic) bond motifs is 1. The van der Waals surface area contributed by atoms with Crippen molar-refractivity contribution in [1.29, 1.82) is 0 Å². The maximum Gasteiger partial charge on any atom is 0.228 e. The van der Waals surface area contributed by atoms with Crippen LogP contribution in [-0.2, 0) is 9.53 Å². The van der Waals surface area contributed by atoms with Gasteiger partial charge in [0, 0.05) is 36.9 Å². The van der Waals surface area contributed by atoms with Crippen LogP contribution in [0.3, 0.4) is 0 Å². The maximum absolute atomic E-state index is 12.7. The van der Waals surface area contributed by atoms with Gasteiger partial charge < -0.3 is 15.4 Å². The van der Waals surface area contributed by atoms with E-state index >= 15 is 0 Å². The summed E-state index contributed by atoms with van der Waals surface area (Å²) < 4.78 is 5.40. The number of benzene rings is 1. The Bertz CT molecular complexity index is 942. The van der Waals surface area contributed by atoms with Crippen molar-refractivity contribution in [2.24, 2.45) is 5.92 Å². The van der Waals surface area contributed by atoms with Gasteiger partial charge in [-0.3, -0.25) is 4.79 Å². The van der Waals surface area contributed by atoms with Crippen LogP contribution in [0.15, 0.2) is 48.8 Å². The fourth-order valence-electron chi connectivity index (χ4n) is 4.13. The number of rotatable bonds is 5. The molecule has 1 atom stereocenters. The van der Waals surface area contributed by atoms with Crippen LogP contribution in [0.1, 0.15) is 44.6 Å². The molecular weight excluding hydrogens is 362 g/mol. The number of carbonyl (C=O) groups is 1. The summed E-state index contributed by atoms with van der Waals surface area (Å²) in [6, 6.07) is 8.72. The molecule has 152 valence electrons. The molecule has 1 aromatic carbocycles. The van der Waals surface area contributed by atoms with E-state index in [4.69, 9.17) is 4.74 Å². The van der Waals surface area contributed by atoms with Gasteiger partial charge in [0.15, 0.2) is 0 Å². The number of allylic oxidation sites excluding steroid dienone is 2. The Hall–Kier alpha value is -2.66. The predicted octanol–water partition coefficient (Wildman–Crippen LogP) is 4.66. The molecule has 0 saturated heterocycles. The van der Waals surface area contributed by atoms with E-state index in [9.17, 15) is 4.79 Å². The van der Waals surface area contributed by atoms with E-state index in [0.29, 0.717) is 18.0 Å². The molecule has 4 rings (SSSR count). The first-order valence-electron chi connectivity index (χ1n) is 10.5. The summed E-state index contributed by atoms with van der Waals surface area (Å²) in [4.78, 5) is 17.1. The molecule has 2 heterocycles. The van der Waals surface area contributed by atoms with Crippen LogP contribution in [0.5, 0.6) is 0 Å². The van der Waals surface area contributed by atoms with Crippen LogP contribution in [0.25, 0.3) is 16.3 Å². The number of dihydropyridines is 1. The van der Waals surface area contributed by atoms with Crippen molar-refractivity contribution in [1.82, 2.24) is 10.3 Å². The van der Waals surface area contributed by atoms with E-state index in [1.54, 1.807) is 7.11 Å². The van der Waals surface area contributed by atoms with Gasteiger partial charge in [-0.2, -0.15) is 0 Å². The number of aromatic nitrogens is 1. The quantitative estimate of drug-likeness (QED) is 0.778. The zero-order valence-electron chi connectivity index (χ0n) is 17.2. The summed E-state index contributed by atoms with van der Waals surface area (Å²) in [5.41, 5.74) is 2.31. The van der Waals surface area contributed by atoms with E-state index in [-0.39, 0.29) is 11.8 Å². The largest absolute Gasteiger partial charge is 0.384 e. The molecular formula is C24H29N3O2. The van der Waals surface area contributed by atoms with Gasteiger partial charge in [-0.1, -0.05) is 31.2 Å². The third kappa shape index (κ3) is 4.51. The molecule has 1 amide bonds. The Labute approximate surface area is 172 Å². The third-order valence-corrected chi connectivity index (χ3v) is 6.09. The summed E-state index contributed by atoms with van der Waals surface area (Å²) in [5, 5.41) is 8.57. The molecule has 29 heavy (non-hydrogen) atoms. The van der Waals surface area contributed by atoms with Crippen molar-refractivity contribution in [3.63, 3.8) is 0 Å². The van der Waals surface area contributed by atoms with E-state index in [2.05, 4.69) is 59.1 Å². The summed E-state index contributed by atoms with van der Waals surface area (Å²) in [6.07, 6.45) is 13.3. The lowest BCUT2D eigenvalue weighted by atomic mass is 9.87. The summed E-state index contributed by atoms with van der Waals surface area (Å²) in [5.74, 6) is 0.724. The van der Waals surface area contributed by atoms with Gasteiger partial charge in [0.05, 0.1) is 6.10 Å². The van der Waals surface area contributed by atoms with Gasteiger partial charge in [-0.05, 0) is 60.8 Å². The lowest BCUT2D eigenvalue weighted by molar-refractivity contribution is -0.121. The minimum Gasteiger partial charge on any atom is -0.384 e. The highest BCUT2D eigenvalue weighted by Gasteiger charge is 2.26. The maximum atomic E-state index is 12.7. The van der Waals surface area contributed by atoms with Crippen LogP contribution in [-0.4, -0.2) is 30.1 Å². The molecule has 1 unspecified atom stereocenters. The molecule has 1 aromatic heterocycles. The van der Waals surface area contributed by atoms with Gasteiger partial charge in [-0.25, -0.2) is 4.98 Å². The Morgan fingerprint density at radius 2 is 2.03 bits per heavy atom. The summed E-state index contributed by atoms with van der Waals surface area (Å²) >= 11 is 0. The lowest BCUT2D eigenvalue weighted by Crippen LogP contribution is -2.29. The second kappa shape index (κ2) is 8.78. The number of hydrogen-bond acceptors (Lipinski definition) is 4. The number of hydrogen-bond donors (Lipinski definition) is 2. The second-order valence-electron chi connectivity index (χ2n) is 7.97. The highest BCUT2D eigenvalue weighted by atomic mass is 16.5. The van der Waals surface area contributed by atoms with Gasteiger partial charge >= 0.3 is 0 Å². The molecule has 2 N–H and O–H groups in total. The van der Waals surface area contributed by atoms with Crippen molar-refractivity contribution < 1.29 is 9.53 Å². The first kappa shape index (κ1) is 19.6. The molecule has 2 aromatic rings. The van der Waals surface area contributed by atoms with Crippen LogP contribution in [0, 0.1) is 5.92 Å². The Kier molecular flexibility index (Phi) is 5.95. The molecule has 2 aliphatic rings. The predicted molar refractivity (Wildman–Crippen MR) is 117 cm³/mol. The van der Waals surface area contributed by atoms with Gasteiger partial charge in [0.25, 0.3) is 0 Å².